The summed E-state index contributed by atoms with van der Waals surface area (Å²) in [5.41, 5.74) is 1.43. The van der Waals surface area contributed by atoms with Crippen molar-refractivity contribution in [3.8, 4) is 11.5 Å². The van der Waals surface area contributed by atoms with Gasteiger partial charge in [-0.15, -0.1) is 0 Å². The number of amides is 1. The van der Waals surface area contributed by atoms with Gasteiger partial charge in [-0.05, 0) is 43.7 Å². The Balaban J connectivity index is 1.66. The number of hydrogen-bond donors (Lipinski definition) is 1. The molecule has 0 aliphatic carbocycles. The third-order valence-electron chi connectivity index (χ3n) is 4.10. The van der Waals surface area contributed by atoms with Gasteiger partial charge < -0.3 is 19.3 Å². The SMILES string of the molecule is CCOc1ccc(C(C)NC(=O)c2ccccc2OCc2noc(C)n2)cc1. The molecule has 3 rings (SSSR count). The lowest BCUT2D eigenvalue weighted by molar-refractivity contribution is 0.0935. The summed E-state index contributed by atoms with van der Waals surface area (Å²) < 4.78 is 16.1. The molecule has 1 heterocycles. The van der Waals surface area contributed by atoms with E-state index in [1.807, 2.05) is 44.2 Å². The highest BCUT2D eigenvalue weighted by molar-refractivity contribution is 5.97. The largest absolute Gasteiger partial charge is 0.494 e. The molecule has 2 aromatic carbocycles. The molecule has 1 aromatic heterocycles. The molecule has 7 heteroatoms. The quantitative estimate of drug-likeness (QED) is 0.638. The Labute approximate surface area is 163 Å². The number of nitrogens with one attached hydrogen (secondary N) is 1. The lowest BCUT2D eigenvalue weighted by atomic mass is 10.1. The van der Waals surface area contributed by atoms with Gasteiger partial charge in [-0.1, -0.05) is 29.4 Å². The van der Waals surface area contributed by atoms with Gasteiger partial charge in [0.15, 0.2) is 6.61 Å². The van der Waals surface area contributed by atoms with Gasteiger partial charge in [0.05, 0.1) is 18.2 Å². The molecule has 28 heavy (non-hydrogen) atoms. The van der Waals surface area contributed by atoms with Crippen molar-refractivity contribution in [3.05, 3.63) is 71.4 Å². The van der Waals surface area contributed by atoms with Gasteiger partial charge in [-0.3, -0.25) is 4.79 Å². The Morgan fingerprint density at radius 1 is 1.14 bits per heavy atom. The van der Waals surface area contributed by atoms with E-state index in [-0.39, 0.29) is 18.6 Å². The van der Waals surface area contributed by atoms with E-state index in [1.54, 1.807) is 25.1 Å². The molecule has 0 saturated carbocycles. The summed E-state index contributed by atoms with van der Waals surface area (Å²) in [4.78, 5) is 16.9. The van der Waals surface area contributed by atoms with Crippen LogP contribution in [0.2, 0.25) is 0 Å². The van der Waals surface area contributed by atoms with Crippen LogP contribution in [-0.2, 0) is 6.61 Å². The van der Waals surface area contributed by atoms with Crippen LogP contribution in [0.3, 0.4) is 0 Å². The first-order chi connectivity index (χ1) is 13.6. The van der Waals surface area contributed by atoms with Crippen LogP contribution in [0.25, 0.3) is 0 Å². The van der Waals surface area contributed by atoms with Crippen molar-refractivity contribution in [2.24, 2.45) is 0 Å². The molecule has 0 aliphatic heterocycles. The molecule has 7 nitrogen and oxygen atoms in total. The van der Waals surface area contributed by atoms with E-state index in [4.69, 9.17) is 14.0 Å². The van der Waals surface area contributed by atoms with Gasteiger partial charge in [-0.2, -0.15) is 4.98 Å². The molecular formula is C21H23N3O4. The molecular weight excluding hydrogens is 358 g/mol. The molecule has 0 spiro atoms. The van der Waals surface area contributed by atoms with Crippen LogP contribution in [0.4, 0.5) is 0 Å². The van der Waals surface area contributed by atoms with Crippen molar-refractivity contribution in [3.63, 3.8) is 0 Å². The van der Waals surface area contributed by atoms with Crippen LogP contribution in [0.15, 0.2) is 53.1 Å². The fraction of sp³-hybridized carbons (Fsp3) is 0.286. The van der Waals surface area contributed by atoms with Crippen LogP contribution in [0.1, 0.15) is 47.5 Å². The summed E-state index contributed by atoms with van der Waals surface area (Å²) in [5.74, 6) is 1.94. The first-order valence-corrected chi connectivity index (χ1v) is 9.11. The van der Waals surface area contributed by atoms with Crippen molar-refractivity contribution >= 4 is 5.91 Å². The van der Waals surface area contributed by atoms with E-state index in [2.05, 4.69) is 15.5 Å². The first-order valence-electron chi connectivity index (χ1n) is 9.11. The van der Waals surface area contributed by atoms with Gasteiger partial charge >= 0.3 is 0 Å². The molecule has 0 radical (unpaired) electrons. The molecule has 0 bridgehead atoms. The fourth-order valence-corrected chi connectivity index (χ4v) is 2.70. The number of para-hydroxylation sites is 1. The second kappa shape index (κ2) is 9.03. The van der Waals surface area contributed by atoms with Crippen LogP contribution in [-0.4, -0.2) is 22.7 Å². The Morgan fingerprint density at radius 2 is 1.89 bits per heavy atom. The maximum absolute atomic E-state index is 12.8. The van der Waals surface area contributed by atoms with Crippen LogP contribution in [0, 0.1) is 6.92 Å². The van der Waals surface area contributed by atoms with Crippen LogP contribution >= 0.6 is 0 Å². The van der Waals surface area contributed by atoms with Crippen LogP contribution in [0.5, 0.6) is 11.5 Å². The third kappa shape index (κ3) is 4.88. The van der Waals surface area contributed by atoms with Crippen molar-refractivity contribution < 1.29 is 18.8 Å². The van der Waals surface area contributed by atoms with E-state index in [9.17, 15) is 4.79 Å². The molecule has 0 saturated heterocycles. The van der Waals surface area contributed by atoms with Gasteiger partial charge in [0.2, 0.25) is 11.7 Å². The van der Waals surface area contributed by atoms with Crippen molar-refractivity contribution in [1.29, 1.82) is 0 Å². The maximum Gasteiger partial charge on any atom is 0.255 e. The monoisotopic (exact) mass is 381 g/mol. The number of carbonyl (C=O) groups excluding carboxylic acids is 1. The predicted molar refractivity (Wildman–Crippen MR) is 103 cm³/mol. The Hall–Kier alpha value is -3.35. The average Bonchev–Trinajstić information content (AvgIpc) is 3.12. The minimum Gasteiger partial charge on any atom is -0.494 e. The molecule has 0 fully saturated rings. The zero-order valence-corrected chi connectivity index (χ0v) is 16.1. The summed E-state index contributed by atoms with van der Waals surface area (Å²) in [5, 5.41) is 6.79. The van der Waals surface area contributed by atoms with E-state index in [0.717, 1.165) is 11.3 Å². The molecule has 1 N–H and O–H groups in total. The standard InChI is InChI=1S/C21H23N3O4/c1-4-26-17-11-9-16(10-12-17)14(2)22-21(25)18-7-5-6-8-19(18)27-13-20-23-15(3)28-24-20/h5-12,14H,4,13H2,1-3H3,(H,22,25). The Kier molecular flexibility index (Phi) is 6.26. The molecule has 1 unspecified atom stereocenters. The number of aryl methyl sites for hydroxylation is 1. The maximum atomic E-state index is 12.8. The normalized spacial score (nSPS) is 11.7. The van der Waals surface area contributed by atoms with Gasteiger partial charge in [0.1, 0.15) is 11.5 Å². The van der Waals surface area contributed by atoms with Crippen molar-refractivity contribution in [1.82, 2.24) is 15.5 Å². The van der Waals surface area contributed by atoms with Crippen LogP contribution < -0.4 is 14.8 Å². The molecule has 146 valence electrons. The summed E-state index contributed by atoms with van der Waals surface area (Å²) in [7, 11) is 0. The van der Waals surface area contributed by atoms with Gasteiger partial charge in [0, 0.05) is 6.92 Å². The predicted octanol–water partition coefficient (Wildman–Crippen LogP) is 3.85. The van der Waals surface area contributed by atoms with E-state index in [0.29, 0.717) is 29.6 Å². The minimum absolute atomic E-state index is 0.121. The number of benzene rings is 2. The lowest BCUT2D eigenvalue weighted by Crippen LogP contribution is -2.27. The van der Waals surface area contributed by atoms with Gasteiger partial charge in [0.25, 0.3) is 5.91 Å². The molecule has 1 amide bonds. The number of rotatable bonds is 8. The lowest BCUT2D eigenvalue weighted by Gasteiger charge is -2.16. The van der Waals surface area contributed by atoms with Crippen molar-refractivity contribution in [2.75, 3.05) is 6.61 Å². The van der Waals surface area contributed by atoms with Crippen molar-refractivity contribution in [2.45, 2.75) is 33.4 Å². The second-order valence-electron chi connectivity index (χ2n) is 6.21. The number of aromatic nitrogens is 2. The smallest absolute Gasteiger partial charge is 0.255 e. The summed E-state index contributed by atoms with van der Waals surface area (Å²) >= 11 is 0. The highest BCUT2D eigenvalue weighted by Crippen LogP contribution is 2.22. The average molecular weight is 381 g/mol. The molecule has 3 aromatic rings. The third-order valence-corrected chi connectivity index (χ3v) is 4.10. The molecule has 0 aliphatic rings. The summed E-state index contributed by atoms with van der Waals surface area (Å²) in [6.07, 6.45) is 0. The van der Waals surface area contributed by atoms with E-state index in [1.165, 1.54) is 0 Å². The number of ether oxygens (including phenoxy) is 2. The van der Waals surface area contributed by atoms with E-state index < -0.39 is 0 Å². The number of nitrogens with zero attached hydrogens (tertiary/aromatic N) is 2. The highest BCUT2D eigenvalue weighted by Gasteiger charge is 2.16. The number of hydrogen-bond acceptors (Lipinski definition) is 6. The Morgan fingerprint density at radius 3 is 2.57 bits per heavy atom. The second-order valence-corrected chi connectivity index (χ2v) is 6.21. The van der Waals surface area contributed by atoms with E-state index >= 15 is 0 Å². The summed E-state index contributed by atoms with van der Waals surface area (Å²) in [6.45, 7) is 6.32. The van der Waals surface area contributed by atoms with Gasteiger partial charge in [-0.25, -0.2) is 0 Å². The summed E-state index contributed by atoms with van der Waals surface area (Å²) in [6, 6.07) is 14.6. The molecule has 1 atom stereocenters. The zero-order valence-electron chi connectivity index (χ0n) is 16.1. The Bertz CT molecular complexity index is 921. The topological polar surface area (TPSA) is 86.5 Å². The fourth-order valence-electron chi connectivity index (χ4n) is 2.70. The highest BCUT2D eigenvalue weighted by atomic mass is 16.5. The minimum atomic E-state index is -0.221. The number of carbonyl (C=O) groups is 1. The first kappa shape index (κ1) is 19.4. The zero-order chi connectivity index (χ0) is 19.9.